The van der Waals surface area contributed by atoms with Crippen molar-refractivity contribution >= 4 is 29.0 Å². The lowest BCUT2D eigenvalue weighted by Crippen LogP contribution is -2.28. The summed E-state index contributed by atoms with van der Waals surface area (Å²) in [6.07, 6.45) is 0.483. The van der Waals surface area contributed by atoms with E-state index in [1.165, 1.54) is 0 Å². The normalized spacial score (nSPS) is 10.5. The van der Waals surface area contributed by atoms with Gasteiger partial charge in [-0.15, -0.1) is 0 Å². The quantitative estimate of drug-likeness (QED) is 0.666. The number of hydrogen-bond donors (Lipinski definition) is 3. The Morgan fingerprint density at radius 2 is 1.79 bits per heavy atom. The molecule has 28 heavy (non-hydrogen) atoms. The number of nitrogens with one attached hydrogen (secondary N) is 3. The number of carbonyl (C=O) groups is 2. The predicted molar refractivity (Wildman–Crippen MR) is 116 cm³/mol. The molecule has 6 heteroatoms. The van der Waals surface area contributed by atoms with Gasteiger partial charge >= 0.3 is 6.03 Å². The first-order chi connectivity index (χ1) is 13.2. The minimum absolute atomic E-state index is 0.00509. The number of benzene rings is 2. The Kier molecular flexibility index (Phi) is 7.44. The molecule has 3 N–H and O–H groups in total. The minimum Gasteiger partial charge on any atom is -0.378 e. The summed E-state index contributed by atoms with van der Waals surface area (Å²) in [5, 5.41) is 8.62. The lowest BCUT2D eigenvalue weighted by atomic mass is 10.1. The molecule has 0 saturated heterocycles. The van der Waals surface area contributed by atoms with Crippen LogP contribution in [0.15, 0.2) is 42.5 Å². The van der Waals surface area contributed by atoms with E-state index in [1.54, 1.807) is 0 Å². The number of anilines is 3. The Balaban J connectivity index is 1.91. The van der Waals surface area contributed by atoms with Crippen LogP contribution in [-0.2, 0) is 11.3 Å². The third-order valence-corrected chi connectivity index (χ3v) is 4.23. The van der Waals surface area contributed by atoms with E-state index in [0.29, 0.717) is 18.9 Å². The van der Waals surface area contributed by atoms with Gasteiger partial charge in [0.15, 0.2) is 0 Å². The number of rotatable bonds is 7. The molecule has 0 bridgehead atoms. The summed E-state index contributed by atoms with van der Waals surface area (Å²) < 4.78 is 0. The number of amides is 3. The van der Waals surface area contributed by atoms with Crippen LogP contribution >= 0.6 is 0 Å². The van der Waals surface area contributed by atoms with E-state index in [9.17, 15) is 9.59 Å². The Morgan fingerprint density at radius 3 is 2.43 bits per heavy atom. The maximum absolute atomic E-state index is 12.2. The van der Waals surface area contributed by atoms with E-state index in [2.05, 4.69) is 16.0 Å². The predicted octanol–water partition coefficient (Wildman–Crippen LogP) is 4.37. The SMILES string of the molecule is Cc1cc(N(C)C)ccc1NC(=O)NCc1cccc(NC(=O)CC(C)C)c1. The van der Waals surface area contributed by atoms with Crippen LogP contribution in [0, 0.1) is 12.8 Å². The second kappa shape index (κ2) is 9.78. The number of hydrogen-bond acceptors (Lipinski definition) is 3. The van der Waals surface area contributed by atoms with E-state index in [0.717, 1.165) is 28.2 Å². The monoisotopic (exact) mass is 382 g/mol. The van der Waals surface area contributed by atoms with Crippen molar-refractivity contribution < 1.29 is 9.59 Å². The number of carbonyl (C=O) groups excluding carboxylic acids is 2. The average Bonchev–Trinajstić information content (AvgIpc) is 2.61. The zero-order valence-electron chi connectivity index (χ0n) is 17.3. The lowest BCUT2D eigenvalue weighted by molar-refractivity contribution is -0.116. The maximum Gasteiger partial charge on any atom is 0.319 e. The molecule has 2 rings (SSSR count). The molecule has 0 fully saturated rings. The largest absolute Gasteiger partial charge is 0.378 e. The van der Waals surface area contributed by atoms with E-state index in [4.69, 9.17) is 0 Å². The molecule has 0 aliphatic rings. The molecule has 0 aliphatic carbocycles. The van der Waals surface area contributed by atoms with Crippen molar-refractivity contribution in [2.24, 2.45) is 5.92 Å². The molecule has 150 valence electrons. The summed E-state index contributed by atoms with van der Waals surface area (Å²) in [7, 11) is 3.96. The van der Waals surface area contributed by atoms with Gasteiger partial charge in [0.2, 0.25) is 5.91 Å². The van der Waals surface area contributed by atoms with Gasteiger partial charge in [-0.25, -0.2) is 4.79 Å². The molecule has 3 amide bonds. The van der Waals surface area contributed by atoms with Gasteiger partial charge in [-0.1, -0.05) is 26.0 Å². The topological polar surface area (TPSA) is 73.5 Å². The van der Waals surface area contributed by atoms with Crippen molar-refractivity contribution in [1.82, 2.24) is 5.32 Å². The fourth-order valence-electron chi connectivity index (χ4n) is 2.76. The summed E-state index contributed by atoms with van der Waals surface area (Å²) in [4.78, 5) is 26.2. The summed E-state index contributed by atoms with van der Waals surface area (Å²) in [5.74, 6) is 0.304. The molecule has 2 aromatic carbocycles. The Morgan fingerprint density at radius 1 is 1.04 bits per heavy atom. The van der Waals surface area contributed by atoms with Crippen molar-refractivity contribution in [2.75, 3.05) is 29.6 Å². The molecule has 0 atom stereocenters. The second-order valence-electron chi connectivity index (χ2n) is 7.55. The first-order valence-corrected chi connectivity index (χ1v) is 9.46. The van der Waals surface area contributed by atoms with Crippen LogP contribution in [-0.4, -0.2) is 26.0 Å². The van der Waals surface area contributed by atoms with Gasteiger partial charge in [0.05, 0.1) is 0 Å². The van der Waals surface area contributed by atoms with Gasteiger partial charge in [-0.05, 0) is 54.3 Å². The van der Waals surface area contributed by atoms with Crippen molar-refractivity contribution in [2.45, 2.75) is 33.7 Å². The molecule has 0 aliphatic heterocycles. The van der Waals surface area contributed by atoms with Crippen LogP contribution in [0.1, 0.15) is 31.4 Å². The molecule has 0 unspecified atom stereocenters. The van der Waals surface area contributed by atoms with Crippen LogP contribution in [0.3, 0.4) is 0 Å². The number of nitrogens with zero attached hydrogens (tertiary/aromatic N) is 1. The fourth-order valence-corrected chi connectivity index (χ4v) is 2.76. The Labute approximate surface area is 167 Å². The maximum atomic E-state index is 12.2. The van der Waals surface area contributed by atoms with Crippen molar-refractivity contribution in [3.8, 4) is 0 Å². The zero-order chi connectivity index (χ0) is 20.7. The van der Waals surface area contributed by atoms with Crippen molar-refractivity contribution in [3.63, 3.8) is 0 Å². The number of aryl methyl sites for hydroxylation is 1. The van der Waals surface area contributed by atoms with Gasteiger partial charge in [-0.2, -0.15) is 0 Å². The molecule has 0 heterocycles. The Bertz CT molecular complexity index is 831. The minimum atomic E-state index is -0.269. The molecule has 0 radical (unpaired) electrons. The van der Waals surface area contributed by atoms with Crippen LogP contribution < -0.4 is 20.9 Å². The highest BCUT2D eigenvalue weighted by Crippen LogP contribution is 2.21. The van der Waals surface area contributed by atoms with Crippen LogP contribution in [0.25, 0.3) is 0 Å². The smallest absolute Gasteiger partial charge is 0.319 e. The van der Waals surface area contributed by atoms with Crippen LogP contribution in [0.4, 0.5) is 21.9 Å². The van der Waals surface area contributed by atoms with Crippen molar-refractivity contribution in [3.05, 3.63) is 53.6 Å². The summed E-state index contributed by atoms with van der Waals surface area (Å²) in [6, 6.07) is 13.1. The molecule has 0 aromatic heterocycles. The van der Waals surface area contributed by atoms with E-state index in [1.807, 2.05) is 82.2 Å². The third-order valence-electron chi connectivity index (χ3n) is 4.23. The lowest BCUT2D eigenvalue weighted by Gasteiger charge is -2.16. The summed E-state index contributed by atoms with van der Waals surface area (Å²) >= 11 is 0. The van der Waals surface area contributed by atoms with Crippen LogP contribution in [0.5, 0.6) is 0 Å². The summed E-state index contributed by atoms with van der Waals surface area (Å²) in [6.45, 7) is 6.35. The zero-order valence-corrected chi connectivity index (χ0v) is 17.3. The van der Waals surface area contributed by atoms with Gasteiger partial charge in [0, 0.05) is 44.1 Å². The third kappa shape index (κ3) is 6.61. The van der Waals surface area contributed by atoms with E-state index < -0.39 is 0 Å². The number of urea groups is 1. The fraction of sp³-hybridized carbons (Fsp3) is 0.364. The van der Waals surface area contributed by atoms with Gasteiger partial charge in [-0.3, -0.25) is 4.79 Å². The van der Waals surface area contributed by atoms with Crippen molar-refractivity contribution in [1.29, 1.82) is 0 Å². The molecular weight excluding hydrogens is 352 g/mol. The molecule has 6 nitrogen and oxygen atoms in total. The first-order valence-electron chi connectivity index (χ1n) is 9.46. The second-order valence-corrected chi connectivity index (χ2v) is 7.55. The van der Waals surface area contributed by atoms with Gasteiger partial charge < -0.3 is 20.9 Å². The highest BCUT2D eigenvalue weighted by molar-refractivity contribution is 5.91. The van der Waals surface area contributed by atoms with Crippen LogP contribution in [0.2, 0.25) is 0 Å². The van der Waals surface area contributed by atoms with E-state index >= 15 is 0 Å². The van der Waals surface area contributed by atoms with Gasteiger partial charge in [0.25, 0.3) is 0 Å². The first kappa shape index (κ1) is 21.3. The van der Waals surface area contributed by atoms with E-state index in [-0.39, 0.29) is 11.9 Å². The molecule has 2 aromatic rings. The highest BCUT2D eigenvalue weighted by atomic mass is 16.2. The highest BCUT2D eigenvalue weighted by Gasteiger charge is 2.08. The average molecular weight is 383 g/mol. The molecule has 0 saturated carbocycles. The molecule has 0 spiro atoms. The Hall–Kier alpha value is -3.02. The molecular formula is C22H30N4O2. The summed E-state index contributed by atoms with van der Waals surface area (Å²) in [5.41, 5.74) is 4.51. The van der Waals surface area contributed by atoms with Gasteiger partial charge in [0.1, 0.15) is 0 Å². The standard InChI is InChI=1S/C22H30N4O2/c1-15(2)11-21(27)24-18-8-6-7-17(13-18)14-23-22(28)25-20-10-9-19(26(4)5)12-16(20)3/h6-10,12-13,15H,11,14H2,1-5H3,(H,24,27)(H2,23,25,28).